The molecule has 2 amide bonds. The van der Waals surface area contributed by atoms with Crippen LogP contribution in [0.1, 0.15) is 18.5 Å². The Labute approximate surface area is 117 Å². The summed E-state index contributed by atoms with van der Waals surface area (Å²) in [7, 11) is 1.72. The zero-order chi connectivity index (χ0) is 13.7. The first kappa shape index (κ1) is 14.9. The van der Waals surface area contributed by atoms with E-state index in [1.807, 2.05) is 13.0 Å². The molecule has 0 aliphatic rings. The number of carbonyl (C=O) groups excluding carboxylic acids is 1. The van der Waals surface area contributed by atoms with Gasteiger partial charge in [0.25, 0.3) is 0 Å². The predicted octanol–water partition coefficient (Wildman–Crippen LogP) is 3.88. The van der Waals surface area contributed by atoms with Crippen LogP contribution >= 0.6 is 23.2 Å². The van der Waals surface area contributed by atoms with Crippen molar-refractivity contribution in [1.29, 1.82) is 0 Å². The fraction of sp³-hybridized carbons (Fsp3) is 0.308. The van der Waals surface area contributed by atoms with Crippen LogP contribution in [0.4, 0.5) is 4.79 Å². The lowest BCUT2D eigenvalue weighted by atomic mass is 10.1. The molecular weight excluding hydrogens is 271 g/mol. The number of hydrogen-bond acceptors (Lipinski definition) is 1. The number of hydrogen-bond donors (Lipinski definition) is 1. The summed E-state index contributed by atoms with van der Waals surface area (Å²) < 4.78 is 0. The predicted molar refractivity (Wildman–Crippen MR) is 76.2 cm³/mol. The molecule has 0 saturated carbocycles. The van der Waals surface area contributed by atoms with Gasteiger partial charge in [0.05, 0.1) is 6.04 Å². The van der Waals surface area contributed by atoms with Gasteiger partial charge in [-0.3, -0.25) is 0 Å². The Bertz CT molecular complexity index is 449. The van der Waals surface area contributed by atoms with E-state index in [0.717, 1.165) is 5.56 Å². The third-order valence-corrected chi connectivity index (χ3v) is 3.27. The molecule has 0 aliphatic heterocycles. The van der Waals surface area contributed by atoms with Crippen molar-refractivity contribution in [3.8, 4) is 0 Å². The molecule has 98 valence electrons. The van der Waals surface area contributed by atoms with E-state index in [1.165, 1.54) is 0 Å². The minimum absolute atomic E-state index is 0.139. The Morgan fingerprint density at radius 3 is 2.78 bits per heavy atom. The molecule has 0 unspecified atom stereocenters. The van der Waals surface area contributed by atoms with Crippen molar-refractivity contribution in [2.45, 2.75) is 13.0 Å². The van der Waals surface area contributed by atoms with E-state index in [-0.39, 0.29) is 12.1 Å². The van der Waals surface area contributed by atoms with Crippen LogP contribution < -0.4 is 5.32 Å². The monoisotopic (exact) mass is 286 g/mol. The van der Waals surface area contributed by atoms with Crippen LogP contribution in [0, 0.1) is 0 Å². The summed E-state index contributed by atoms with van der Waals surface area (Å²) in [6.45, 7) is 5.89. The maximum Gasteiger partial charge on any atom is 0.317 e. The first-order valence-electron chi connectivity index (χ1n) is 5.54. The van der Waals surface area contributed by atoms with E-state index in [2.05, 4.69) is 11.9 Å². The zero-order valence-corrected chi connectivity index (χ0v) is 11.9. The molecule has 1 rings (SSSR count). The molecule has 1 N–H and O–H groups in total. The maximum absolute atomic E-state index is 11.8. The standard InChI is InChI=1S/C13H16Cl2N2O/c1-4-7-16-13(18)17(3)9(2)11-6-5-10(14)8-12(11)15/h4-6,8-9H,1,7H2,2-3H3,(H,16,18)/t9-/m0/s1. The minimum Gasteiger partial charge on any atom is -0.335 e. The number of amides is 2. The number of urea groups is 1. The van der Waals surface area contributed by atoms with E-state index < -0.39 is 0 Å². The summed E-state index contributed by atoms with van der Waals surface area (Å²) >= 11 is 12.0. The van der Waals surface area contributed by atoms with E-state index in [9.17, 15) is 4.79 Å². The molecule has 0 heterocycles. The van der Waals surface area contributed by atoms with Crippen molar-refractivity contribution in [3.05, 3.63) is 46.5 Å². The maximum atomic E-state index is 11.8. The van der Waals surface area contributed by atoms with Crippen molar-refractivity contribution < 1.29 is 4.79 Å². The first-order chi connectivity index (χ1) is 8.47. The summed E-state index contributed by atoms with van der Waals surface area (Å²) in [4.78, 5) is 13.4. The lowest BCUT2D eigenvalue weighted by molar-refractivity contribution is 0.195. The van der Waals surface area contributed by atoms with Crippen LogP contribution in [0.3, 0.4) is 0 Å². The molecule has 0 bridgehead atoms. The lowest BCUT2D eigenvalue weighted by Crippen LogP contribution is -2.38. The summed E-state index contributed by atoms with van der Waals surface area (Å²) in [6, 6.07) is 4.94. The van der Waals surface area contributed by atoms with Gasteiger partial charge < -0.3 is 10.2 Å². The normalized spacial score (nSPS) is 11.8. The van der Waals surface area contributed by atoms with Crippen LogP contribution in [-0.2, 0) is 0 Å². The number of nitrogens with one attached hydrogen (secondary N) is 1. The highest BCUT2D eigenvalue weighted by atomic mass is 35.5. The summed E-state index contributed by atoms with van der Waals surface area (Å²) in [5.41, 5.74) is 0.859. The van der Waals surface area contributed by atoms with Gasteiger partial charge in [0, 0.05) is 23.6 Å². The lowest BCUT2D eigenvalue weighted by Gasteiger charge is -2.26. The second-order valence-electron chi connectivity index (χ2n) is 3.93. The van der Waals surface area contributed by atoms with Gasteiger partial charge in [-0.25, -0.2) is 4.79 Å². The van der Waals surface area contributed by atoms with E-state index in [1.54, 1.807) is 30.2 Å². The van der Waals surface area contributed by atoms with E-state index in [0.29, 0.717) is 16.6 Å². The third kappa shape index (κ3) is 3.65. The molecule has 18 heavy (non-hydrogen) atoms. The quantitative estimate of drug-likeness (QED) is 0.837. The third-order valence-electron chi connectivity index (χ3n) is 2.71. The fourth-order valence-corrected chi connectivity index (χ4v) is 2.08. The van der Waals surface area contributed by atoms with Crippen LogP contribution in [0.15, 0.2) is 30.9 Å². The van der Waals surface area contributed by atoms with Gasteiger partial charge in [-0.2, -0.15) is 0 Å². The van der Waals surface area contributed by atoms with Gasteiger partial charge in [-0.05, 0) is 24.6 Å². The van der Waals surface area contributed by atoms with Crippen molar-refractivity contribution in [3.63, 3.8) is 0 Å². The fourth-order valence-electron chi connectivity index (χ4n) is 1.51. The molecule has 0 spiro atoms. The Morgan fingerprint density at radius 1 is 1.56 bits per heavy atom. The first-order valence-corrected chi connectivity index (χ1v) is 6.29. The van der Waals surface area contributed by atoms with Crippen LogP contribution in [0.5, 0.6) is 0 Å². The highest BCUT2D eigenvalue weighted by Crippen LogP contribution is 2.28. The van der Waals surface area contributed by atoms with Crippen molar-refractivity contribution in [2.75, 3.05) is 13.6 Å². The topological polar surface area (TPSA) is 32.3 Å². The molecule has 0 radical (unpaired) electrons. The molecule has 0 aliphatic carbocycles. The molecular formula is C13H16Cl2N2O. The smallest absolute Gasteiger partial charge is 0.317 e. The van der Waals surface area contributed by atoms with Gasteiger partial charge in [0.1, 0.15) is 0 Å². The SMILES string of the molecule is C=CCNC(=O)N(C)[C@@H](C)c1ccc(Cl)cc1Cl. The van der Waals surface area contributed by atoms with Crippen molar-refractivity contribution in [2.24, 2.45) is 0 Å². The molecule has 3 nitrogen and oxygen atoms in total. The van der Waals surface area contributed by atoms with Crippen LogP contribution in [0.25, 0.3) is 0 Å². The number of halogens is 2. The molecule has 1 atom stereocenters. The van der Waals surface area contributed by atoms with Crippen LogP contribution in [-0.4, -0.2) is 24.5 Å². The molecule has 1 aromatic rings. The van der Waals surface area contributed by atoms with E-state index in [4.69, 9.17) is 23.2 Å². The molecule has 0 fully saturated rings. The Kier molecular flexibility index (Phi) is 5.51. The van der Waals surface area contributed by atoms with Gasteiger partial charge in [-0.15, -0.1) is 6.58 Å². The van der Waals surface area contributed by atoms with Crippen LogP contribution in [0.2, 0.25) is 10.0 Å². The minimum atomic E-state index is -0.173. The summed E-state index contributed by atoms with van der Waals surface area (Å²) in [6.07, 6.45) is 1.63. The average molecular weight is 287 g/mol. The highest BCUT2D eigenvalue weighted by molar-refractivity contribution is 6.35. The van der Waals surface area contributed by atoms with Gasteiger partial charge >= 0.3 is 6.03 Å². The Balaban J connectivity index is 2.82. The number of benzene rings is 1. The second-order valence-corrected chi connectivity index (χ2v) is 4.77. The average Bonchev–Trinajstić information content (AvgIpc) is 2.34. The molecule has 1 aromatic carbocycles. The second kappa shape index (κ2) is 6.66. The van der Waals surface area contributed by atoms with Gasteiger partial charge in [-0.1, -0.05) is 35.3 Å². The van der Waals surface area contributed by atoms with Gasteiger partial charge in [0.15, 0.2) is 0 Å². The number of rotatable bonds is 4. The van der Waals surface area contributed by atoms with Crippen molar-refractivity contribution in [1.82, 2.24) is 10.2 Å². The molecule has 0 aromatic heterocycles. The summed E-state index contributed by atoms with van der Waals surface area (Å²) in [5.74, 6) is 0. The highest BCUT2D eigenvalue weighted by Gasteiger charge is 2.18. The molecule has 0 saturated heterocycles. The van der Waals surface area contributed by atoms with Gasteiger partial charge in [0.2, 0.25) is 0 Å². The zero-order valence-electron chi connectivity index (χ0n) is 10.4. The number of carbonyl (C=O) groups is 1. The van der Waals surface area contributed by atoms with Crippen molar-refractivity contribution >= 4 is 29.2 Å². The summed E-state index contributed by atoms with van der Waals surface area (Å²) in [5, 5.41) is 3.85. The molecule has 5 heteroatoms. The largest absolute Gasteiger partial charge is 0.335 e. The number of nitrogens with zero attached hydrogens (tertiary/aromatic N) is 1. The Hall–Kier alpha value is -1.19. The Morgan fingerprint density at radius 2 is 2.22 bits per heavy atom. The van der Waals surface area contributed by atoms with E-state index >= 15 is 0 Å².